The molecule has 5 aromatic rings. The molecule has 0 aliphatic carbocycles. The normalized spacial score (nSPS) is 10.9. The Labute approximate surface area is 213 Å². The van der Waals surface area contributed by atoms with E-state index in [0.29, 0.717) is 24.1 Å². The number of hydrogen-bond acceptors (Lipinski definition) is 9. The maximum Gasteiger partial charge on any atom is 0.232 e. The van der Waals surface area contributed by atoms with E-state index in [1.54, 1.807) is 12.4 Å². The highest BCUT2D eigenvalue weighted by Crippen LogP contribution is 2.27. The Balaban J connectivity index is 1.40. The average molecular weight is 496 g/mol. The van der Waals surface area contributed by atoms with Crippen molar-refractivity contribution in [3.05, 3.63) is 96.1 Å². The minimum absolute atomic E-state index is 0.167. The molecule has 0 bridgehead atoms. The molecule has 0 radical (unpaired) electrons. The maximum absolute atomic E-state index is 6.01. The summed E-state index contributed by atoms with van der Waals surface area (Å²) in [4.78, 5) is 17.3. The van der Waals surface area contributed by atoms with Gasteiger partial charge in [-0.1, -0.05) is 67.2 Å². The van der Waals surface area contributed by atoms with Gasteiger partial charge in [0.05, 0.1) is 12.3 Å². The van der Waals surface area contributed by atoms with Gasteiger partial charge >= 0.3 is 0 Å². The Morgan fingerprint density at radius 3 is 2.47 bits per heavy atom. The highest BCUT2D eigenvalue weighted by Gasteiger charge is 2.16. The van der Waals surface area contributed by atoms with Crippen LogP contribution < -0.4 is 11.1 Å². The number of nitrogen functional groups attached to an aromatic ring is 1. The fraction of sp³-hybridized carbons (Fsp3) is 0.154. The SMILES string of the molecule is CCc1ccccc1Nc1nc(N)nc(CSc2nnc(-c3ccncc3)n2Cc2ccccc2)n1. The van der Waals surface area contributed by atoms with E-state index in [1.807, 2.05) is 48.5 Å². The fourth-order valence-corrected chi connectivity index (χ4v) is 4.57. The van der Waals surface area contributed by atoms with Gasteiger partial charge in [-0.05, 0) is 35.7 Å². The lowest BCUT2D eigenvalue weighted by Crippen LogP contribution is -2.08. The topological polar surface area (TPSA) is 120 Å². The van der Waals surface area contributed by atoms with Crippen molar-refractivity contribution in [1.82, 2.24) is 34.7 Å². The van der Waals surface area contributed by atoms with Gasteiger partial charge in [-0.2, -0.15) is 15.0 Å². The van der Waals surface area contributed by atoms with Crippen molar-refractivity contribution < 1.29 is 0 Å². The zero-order valence-corrected chi connectivity index (χ0v) is 20.6. The van der Waals surface area contributed by atoms with Gasteiger partial charge in [-0.3, -0.25) is 9.55 Å². The lowest BCUT2D eigenvalue weighted by molar-refractivity contribution is 0.714. The first-order valence-electron chi connectivity index (χ1n) is 11.5. The molecule has 3 heterocycles. The molecule has 5 rings (SSSR count). The summed E-state index contributed by atoms with van der Waals surface area (Å²) in [5.41, 5.74) is 10.2. The number of aromatic nitrogens is 7. The summed E-state index contributed by atoms with van der Waals surface area (Å²) in [5.74, 6) is 2.38. The van der Waals surface area contributed by atoms with Crippen LogP contribution in [-0.4, -0.2) is 34.7 Å². The number of nitrogens with zero attached hydrogens (tertiary/aromatic N) is 7. The molecule has 180 valence electrons. The summed E-state index contributed by atoms with van der Waals surface area (Å²) in [7, 11) is 0. The fourth-order valence-electron chi connectivity index (χ4n) is 3.78. The molecule has 0 aliphatic heterocycles. The number of thioether (sulfide) groups is 1. The van der Waals surface area contributed by atoms with E-state index in [0.717, 1.165) is 34.2 Å². The summed E-state index contributed by atoms with van der Waals surface area (Å²) in [6.07, 6.45) is 4.40. The summed E-state index contributed by atoms with van der Waals surface area (Å²) in [6, 6.07) is 22.1. The van der Waals surface area contributed by atoms with Gasteiger partial charge in [0.25, 0.3) is 0 Å². The first kappa shape index (κ1) is 23.4. The van der Waals surface area contributed by atoms with E-state index in [4.69, 9.17) is 5.73 Å². The van der Waals surface area contributed by atoms with Crippen LogP contribution in [0.2, 0.25) is 0 Å². The van der Waals surface area contributed by atoms with Crippen LogP contribution in [0.4, 0.5) is 17.6 Å². The summed E-state index contributed by atoms with van der Waals surface area (Å²) in [6.45, 7) is 2.74. The number of anilines is 3. The number of aryl methyl sites for hydroxylation is 1. The Morgan fingerprint density at radius 2 is 1.67 bits per heavy atom. The highest BCUT2D eigenvalue weighted by molar-refractivity contribution is 7.98. The summed E-state index contributed by atoms with van der Waals surface area (Å²) < 4.78 is 2.09. The van der Waals surface area contributed by atoms with Gasteiger partial charge in [0.15, 0.2) is 11.0 Å². The zero-order valence-electron chi connectivity index (χ0n) is 19.7. The van der Waals surface area contributed by atoms with E-state index < -0.39 is 0 Å². The minimum atomic E-state index is 0.167. The average Bonchev–Trinajstić information content (AvgIpc) is 3.31. The molecule has 9 nitrogen and oxygen atoms in total. The van der Waals surface area contributed by atoms with Crippen LogP contribution in [0.15, 0.2) is 84.3 Å². The van der Waals surface area contributed by atoms with Gasteiger partial charge < -0.3 is 11.1 Å². The summed E-state index contributed by atoms with van der Waals surface area (Å²) >= 11 is 1.50. The van der Waals surface area contributed by atoms with Crippen LogP contribution in [0.3, 0.4) is 0 Å². The lowest BCUT2D eigenvalue weighted by Gasteiger charge is -2.11. The number of rotatable bonds is 9. The van der Waals surface area contributed by atoms with Crippen LogP contribution in [0.5, 0.6) is 0 Å². The van der Waals surface area contributed by atoms with Crippen molar-refractivity contribution >= 4 is 29.3 Å². The summed E-state index contributed by atoms with van der Waals surface area (Å²) in [5, 5.41) is 13.0. The third-order valence-electron chi connectivity index (χ3n) is 5.51. The maximum atomic E-state index is 6.01. The van der Waals surface area contributed by atoms with Crippen LogP contribution in [-0.2, 0) is 18.7 Å². The molecule has 0 atom stereocenters. The minimum Gasteiger partial charge on any atom is -0.368 e. The molecule has 0 fully saturated rings. The van der Waals surface area contributed by atoms with Crippen LogP contribution in [0.1, 0.15) is 23.9 Å². The molecule has 0 saturated heterocycles. The largest absolute Gasteiger partial charge is 0.368 e. The molecule has 0 unspecified atom stereocenters. The number of nitrogens with one attached hydrogen (secondary N) is 1. The molecule has 0 saturated carbocycles. The van der Waals surface area contributed by atoms with Crippen molar-refractivity contribution in [1.29, 1.82) is 0 Å². The Bertz CT molecular complexity index is 1440. The quantitative estimate of drug-likeness (QED) is 0.279. The Morgan fingerprint density at radius 1 is 0.889 bits per heavy atom. The molecule has 36 heavy (non-hydrogen) atoms. The predicted molar refractivity (Wildman–Crippen MR) is 142 cm³/mol. The third kappa shape index (κ3) is 5.49. The van der Waals surface area contributed by atoms with Crippen LogP contribution >= 0.6 is 11.8 Å². The first-order valence-corrected chi connectivity index (χ1v) is 12.5. The molecule has 0 aliphatic rings. The van der Waals surface area contributed by atoms with Gasteiger partial charge in [-0.25, -0.2) is 0 Å². The van der Waals surface area contributed by atoms with Crippen molar-refractivity contribution in [2.24, 2.45) is 0 Å². The number of hydrogen-bond donors (Lipinski definition) is 2. The molecule has 0 amide bonds. The predicted octanol–water partition coefficient (Wildman–Crippen LogP) is 4.75. The van der Waals surface area contributed by atoms with E-state index in [-0.39, 0.29) is 5.95 Å². The van der Waals surface area contributed by atoms with E-state index in [2.05, 4.69) is 65.1 Å². The highest BCUT2D eigenvalue weighted by atomic mass is 32.2. The van der Waals surface area contributed by atoms with E-state index >= 15 is 0 Å². The second-order valence-electron chi connectivity index (χ2n) is 7.97. The zero-order chi connectivity index (χ0) is 24.7. The Kier molecular flexibility index (Phi) is 7.13. The van der Waals surface area contributed by atoms with Crippen LogP contribution in [0, 0.1) is 0 Å². The van der Waals surface area contributed by atoms with Crippen LogP contribution in [0.25, 0.3) is 11.4 Å². The molecule has 0 spiro atoms. The molecular weight excluding hydrogens is 470 g/mol. The number of pyridine rings is 1. The van der Waals surface area contributed by atoms with Crippen molar-refractivity contribution in [2.75, 3.05) is 11.1 Å². The molecule has 3 N–H and O–H groups in total. The van der Waals surface area contributed by atoms with Crippen molar-refractivity contribution in [3.8, 4) is 11.4 Å². The lowest BCUT2D eigenvalue weighted by atomic mass is 10.1. The van der Waals surface area contributed by atoms with E-state index in [1.165, 1.54) is 17.3 Å². The van der Waals surface area contributed by atoms with Crippen molar-refractivity contribution in [3.63, 3.8) is 0 Å². The second-order valence-corrected chi connectivity index (χ2v) is 8.91. The molecular formula is C26H25N9S. The van der Waals surface area contributed by atoms with Gasteiger partial charge in [0, 0.05) is 23.6 Å². The molecule has 3 aromatic heterocycles. The number of benzene rings is 2. The van der Waals surface area contributed by atoms with Crippen molar-refractivity contribution in [2.45, 2.75) is 30.8 Å². The monoisotopic (exact) mass is 495 g/mol. The molecule has 10 heteroatoms. The standard InChI is InChI=1S/C26H25N9S/c1-2-19-10-6-7-11-21(19)29-25-31-22(30-24(27)32-25)17-36-26-34-33-23(20-12-14-28-15-13-20)35(26)16-18-8-4-3-5-9-18/h3-15H,2,16-17H2,1H3,(H3,27,29,30,31,32). The third-order valence-corrected chi connectivity index (χ3v) is 6.48. The van der Waals surface area contributed by atoms with Gasteiger partial charge in [0.2, 0.25) is 11.9 Å². The van der Waals surface area contributed by atoms with E-state index in [9.17, 15) is 0 Å². The Hall–Kier alpha value is -4.31. The van der Waals surface area contributed by atoms with Gasteiger partial charge in [0.1, 0.15) is 5.82 Å². The second kappa shape index (κ2) is 11.0. The number of nitrogens with two attached hydrogens (primary N) is 1. The first-order chi connectivity index (χ1) is 17.7. The van der Waals surface area contributed by atoms with Gasteiger partial charge in [-0.15, -0.1) is 10.2 Å². The molecule has 2 aromatic carbocycles. The number of para-hydroxylation sites is 1. The smallest absolute Gasteiger partial charge is 0.232 e.